The number of nitrogen functional groups attached to an aromatic ring is 1. The Labute approximate surface area is 83.2 Å². The standard InChI is InChI=1S/C11H13N3/c1-9-13-6-7-14(9)8-10-4-2-3-5-11(10)12/h2-7H,8,12H2,1H3. The highest BCUT2D eigenvalue weighted by molar-refractivity contribution is 5.46. The second-order valence-electron chi connectivity index (χ2n) is 3.30. The van der Waals surface area contributed by atoms with E-state index in [-0.39, 0.29) is 0 Å². The van der Waals surface area contributed by atoms with E-state index in [0.717, 1.165) is 23.6 Å². The summed E-state index contributed by atoms with van der Waals surface area (Å²) in [5.41, 5.74) is 7.82. The molecule has 1 aromatic heterocycles. The van der Waals surface area contributed by atoms with E-state index in [0.29, 0.717) is 0 Å². The predicted molar refractivity (Wildman–Crippen MR) is 56.9 cm³/mol. The third-order valence-corrected chi connectivity index (χ3v) is 2.32. The molecule has 0 atom stereocenters. The number of anilines is 1. The molecule has 0 aliphatic rings. The molecule has 3 nitrogen and oxygen atoms in total. The van der Waals surface area contributed by atoms with Crippen LogP contribution < -0.4 is 5.73 Å². The Hall–Kier alpha value is -1.77. The van der Waals surface area contributed by atoms with E-state index in [1.807, 2.05) is 37.4 Å². The van der Waals surface area contributed by atoms with Gasteiger partial charge in [-0.3, -0.25) is 0 Å². The summed E-state index contributed by atoms with van der Waals surface area (Å²) in [7, 11) is 0. The number of nitrogens with two attached hydrogens (primary N) is 1. The minimum Gasteiger partial charge on any atom is -0.398 e. The van der Waals surface area contributed by atoms with Gasteiger partial charge in [-0.05, 0) is 18.6 Å². The normalized spacial score (nSPS) is 10.4. The largest absolute Gasteiger partial charge is 0.398 e. The molecule has 1 heterocycles. The monoisotopic (exact) mass is 187 g/mol. The second-order valence-corrected chi connectivity index (χ2v) is 3.30. The summed E-state index contributed by atoms with van der Waals surface area (Å²) < 4.78 is 2.08. The SMILES string of the molecule is Cc1nccn1Cc1ccccc1N. The number of hydrogen-bond acceptors (Lipinski definition) is 2. The fourth-order valence-corrected chi connectivity index (χ4v) is 1.43. The summed E-state index contributed by atoms with van der Waals surface area (Å²) in [5, 5.41) is 0. The van der Waals surface area contributed by atoms with E-state index in [1.54, 1.807) is 6.20 Å². The van der Waals surface area contributed by atoms with Gasteiger partial charge < -0.3 is 10.3 Å². The van der Waals surface area contributed by atoms with Gasteiger partial charge in [0.25, 0.3) is 0 Å². The van der Waals surface area contributed by atoms with Gasteiger partial charge >= 0.3 is 0 Å². The van der Waals surface area contributed by atoms with Crippen molar-refractivity contribution in [3.05, 3.63) is 48.0 Å². The van der Waals surface area contributed by atoms with Gasteiger partial charge in [-0.25, -0.2) is 4.98 Å². The topological polar surface area (TPSA) is 43.8 Å². The highest BCUT2D eigenvalue weighted by Crippen LogP contribution is 2.12. The lowest BCUT2D eigenvalue weighted by Gasteiger charge is -2.07. The molecule has 0 aliphatic heterocycles. The van der Waals surface area contributed by atoms with Crippen LogP contribution in [0.2, 0.25) is 0 Å². The number of nitrogens with zero attached hydrogens (tertiary/aromatic N) is 2. The molecule has 1 aromatic carbocycles. The van der Waals surface area contributed by atoms with Crippen LogP contribution in [0.1, 0.15) is 11.4 Å². The van der Waals surface area contributed by atoms with Crippen LogP contribution in [-0.4, -0.2) is 9.55 Å². The third-order valence-electron chi connectivity index (χ3n) is 2.32. The summed E-state index contributed by atoms with van der Waals surface area (Å²) >= 11 is 0. The zero-order valence-electron chi connectivity index (χ0n) is 8.14. The Bertz CT molecular complexity index is 432. The van der Waals surface area contributed by atoms with Crippen LogP contribution in [-0.2, 0) is 6.54 Å². The molecule has 14 heavy (non-hydrogen) atoms. The van der Waals surface area contributed by atoms with Gasteiger partial charge in [0, 0.05) is 18.1 Å². The van der Waals surface area contributed by atoms with Crippen LogP contribution >= 0.6 is 0 Å². The Kier molecular flexibility index (Phi) is 2.23. The minimum absolute atomic E-state index is 0.790. The molecular formula is C11H13N3. The van der Waals surface area contributed by atoms with Crippen LogP contribution in [0.25, 0.3) is 0 Å². The van der Waals surface area contributed by atoms with Crippen molar-refractivity contribution >= 4 is 5.69 Å². The highest BCUT2D eigenvalue weighted by Gasteiger charge is 2.00. The summed E-state index contributed by atoms with van der Waals surface area (Å²) in [4.78, 5) is 4.16. The average molecular weight is 187 g/mol. The molecule has 0 saturated heterocycles. The van der Waals surface area contributed by atoms with Crippen LogP contribution in [0.3, 0.4) is 0 Å². The molecule has 0 spiro atoms. The first kappa shape index (κ1) is 8.81. The Morgan fingerprint density at radius 1 is 1.36 bits per heavy atom. The van der Waals surface area contributed by atoms with E-state index in [9.17, 15) is 0 Å². The average Bonchev–Trinajstić information content (AvgIpc) is 2.56. The number of para-hydroxylation sites is 1. The van der Waals surface area contributed by atoms with Crippen LogP contribution in [0.4, 0.5) is 5.69 Å². The van der Waals surface area contributed by atoms with Crippen molar-refractivity contribution in [2.24, 2.45) is 0 Å². The van der Waals surface area contributed by atoms with Crippen molar-refractivity contribution in [2.45, 2.75) is 13.5 Å². The molecule has 0 fully saturated rings. The van der Waals surface area contributed by atoms with E-state index >= 15 is 0 Å². The number of rotatable bonds is 2. The molecule has 2 N–H and O–H groups in total. The molecule has 0 aliphatic carbocycles. The van der Waals surface area contributed by atoms with Gasteiger partial charge in [-0.1, -0.05) is 18.2 Å². The van der Waals surface area contributed by atoms with E-state index in [2.05, 4.69) is 9.55 Å². The minimum atomic E-state index is 0.790. The van der Waals surface area contributed by atoms with Crippen molar-refractivity contribution in [1.29, 1.82) is 0 Å². The summed E-state index contributed by atoms with van der Waals surface area (Å²) in [6.45, 7) is 2.78. The maximum atomic E-state index is 5.85. The predicted octanol–water partition coefficient (Wildman–Crippen LogP) is 1.82. The molecule has 0 unspecified atom stereocenters. The molecule has 0 amide bonds. The number of hydrogen-bond donors (Lipinski definition) is 1. The summed E-state index contributed by atoms with van der Waals surface area (Å²) in [6, 6.07) is 7.90. The van der Waals surface area contributed by atoms with Crippen molar-refractivity contribution in [2.75, 3.05) is 5.73 Å². The van der Waals surface area contributed by atoms with E-state index in [4.69, 9.17) is 5.73 Å². The van der Waals surface area contributed by atoms with E-state index in [1.165, 1.54) is 0 Å². The molecule has 0 bridgehead atoms. The smallest absolute Gasteiger partial charge is 0.105 e. The fourth-order valence-electron chi connectivity index (χ4n) is 1.43. The maximum absolute atomic E-state index is 5.85. The van der Waals surface area contributed by atoms with Gasteiger partial charge in [0.15, 0.2) is 0 Å². The fraction of sp³-hybridized carbons (Fsp3) is 0.182. The van der Waals surface area contributed by atoms with Crippen LogP contribution in [0.5, 0.6) is 0 Å². The highest BCUT2D eigenvalue weighted by atomic mass is 15.0. The molecule has 2 aromatic rings. The van der Waals surface area contributed by atoms with Gasteiger partial charge in [0.2, 0.25) is 0 Å². The summed E-state index contributed by atoms with van der Waals surface area (Å²) in [6.07, 6.45) is 3.76. The van der Waals surface area contributed by atoms with Crippen molar-refractivity contribution in [1.82, 2.24) is 9.55 Å². The second kappa shape index (κ2) is 3.54. The zero-order chi connectivity index (χ0) is 9.97. The molecule has 3 heteroatoms. The number of imidazole rings is 1. The zero-order valence-corrected chi connectivity index (χ0v) is 8.14. The van der Waals surface area contributed by atoms with Crippen molar-refractivity contribution in [3.8, 4) is 0 Å². The Morgan fingerprint density at radius 2 is 2.14 bits per heavy atom. The number of aromatic nitrogens is 2. The van der Waals surface area contributed by atoms with E-state index < -0.39 is 0 Å². The lowest BCUT2D eigenvalue weighted by Crippen LogP contribution is -2.03. The van der Waals surface area contributed by atoms with Gasteiger partial charge in [-0.15, -0.1) is 0 Å². The number of benzene rings is 1. The molecule has 0 saturated carbocycles. The molecule has 2 rings (SSSR count). The summed E-state index contributed by atoms with van der Waals surface area (Å²) in [5.74, 6) is 1.01. The van der Waals surface area contributed by atoms with Gasteiger partial charge in [0.1, 0.15) is 5.82 Å². The first-order valence-corrected chi connectivity index (χ1v) is 4.58. The van der Waals surface area contributed by atoms with Crippen molar-refractivity contribution < 1.29 is 0 Å². The molecule has 72 valence electrons. The molecular weight excluding hydrogens is 174 g/mol. The van der Waals surface area contributed by atoms with Crippen LogP contribution in [0, 0.1) is 6.92 Å². The van der Waals surface area contributed by atoms with Gasteiger partial charge in [0.05, 0.1) is 6.54 Å². The van der Waals surface area contributed by atoms with Crippen LogP contribution in [0.15, 0.2) is 36.7 Å². The lowest BCUT2D eigenvalue weighted by molar-refractivity contribution is 0.763. The number of aryl methyl sites for hydroxylation is 1. The Balaban J connectivity index is 2.28. The first-order valence-electron chi connectivity index (χ1n) is 4.58. The first-order chi connectivity index (χ1) is 6.77. The molecule has 0 radical (unpaired) electrons. The third kappa shape index (κ3) is 1.62. The maximum Gasteiger partial charge on any atom is 0.105 e. The quantitative estimate of drug-likeness (QED) is 0.729. The van der Waals surface area contributed by atoms with Gasteiger partial charge in [-0.2, -0.15) is 0 Å². The Morgan fingerprint density at radius 3 is 2.79 bits per heavy atom. The lowest BCUT2D eigenvalue weighted by atomic mass is 10.2. The van der Waals surface area contributed by atoms with Crippen molar-refractivity contribution in [3.63, 3.8) is 0 Å².